The Balaban J connectivity index is 1.38. The lowest BCUT2D eigenvalue weighted by atomic mass is 10.0. The Morgan fingerprint density at radius 3 is 2.86 bits per heavy atom. The van der Waals surface area contributed by atoms with Gasteiger partial charge in [0.15, 0.2) is 0 Å². The standard InChI is InChI=1S/C22H20FN3O3/c1-13-2-4-14(5-3-13)8-15-9-18(24-11-15)21(27)26-19-12-29-20-7-6-16(23)10-17(20)25-22(19)28/h2-7,9-10,19H,8,11-12H2,1H3,(H,25,28)(H,26,27)/t19-/m0/s1. The number of hydrogen-bond acceptors (Lipinski definition) is 4. The molecular weight excluding hydrogens is 373 g/mol. The molecule has 2 aliphatic rings. The van der Waals surface area contributed by atoms with Crippen molar-refractivity contribution in [2.45, 2.75) is 19.4 Å². The Kier molecular flexibility index (Phi) is 5.12. The summed E-state index contributed by atoms with van der Waals surface area (Å²) in [6, 6.07) is 11.2. The van der Waals surface area contributed by atoms with Gasteiger partial charge in [-0.2, -0.15) is 0 Å². The summed E-state index contributed by atoms with van der Waals surface area (Å²) in [5.41, 5.74) is 3.90. The van der Waals surface area contributed by atoms with Crippen molar-refractivity contribution in [1.82, 2.24) is 5.32 Å². The summed E-state index contributed by atoms with van der Waals surface area (Å²) in [7, 11) is 0. The number of nitrogens with one attached hydrogen (secondary N) is 2. The molecule has 29 heavy (non-hydrogen) atoms. The number of fused-ring (bicyclic) bond motifs is 1. The van der Waals surface area contributed by atoms with Crippen LogP contribution in [0.2, 0.25) is 0 Å². The van der Waals surface area contributed by atoms with Crippen molar-refractivity contribution >= 4 is 23.2 Å². The molecule has 0 saturated carbocycles. The van der Waals surface area contributed by atoms with Gasteiger partial charge in [0.1, 0.15) is 29.9 Å². The first kappa shape index (κ1) is 18.9. The number of amides is 2. The molecule has 2 amide bonds. The van der Waals surface area contributed by atoms with Crippen molar-refractivity contribution in [3.63, 3.8) is 0 Å². The number of halogens is 1. The lowest BCUT2D eigenvalue weighted by Gasteiger charge is -2.14. The van der Waals surface area contributed by atoms with Crippen LogP contribution in [0.3, 0.4) is 0 Å². The minimum atomic E-state index is -0.907. The predicted molar refractivity (Wildman–Crippen MR) is 108 cm³/mol. The molecule has 2 aromatic carbocycles. The number of rotatable bonds is 4. The highest BCUT2D eigenvalue weighted by molar-refractivity contribution is 6.44. The number of aryl methyl sites for hydroxylation is 1. The van der Waals surface area contributed by atoms with Gasteiger partial charge in [0.2, 0.25) is 0 Å². The fourth-order valence-electron chi connectivity index (χ4n) is 3.22. The van der Waals surface area contributed by atoms with Crippen molar-refractivity contribution in [3.8, 4) is 5.75 Å². The van der Waals surface area contributed by atoms with E-state index in [4.69, 9.17) is 4.74 Å². The fourth-order valence-corrected chi connectivity index (χ4v) is 3.22. The molecule has 0 aromatic heterocycles. The highest BCUT2D eigenvalue weighted by atomic mass is 19.1. The van der Waals surface area contributed by atoms with Gasteiger partial charge in [-0.1, -0.05) is 29.8 Å². The Morgan fingerprint density at radius 1 is 1.28 bits per heavy atom. The average Bonchev–Trinajstić information content (AvgIpc) is 3.10. The van der Waals surface area contributed by atoms with E-state index in [0.717, 1.165) is 11.1 Å². The zero-order valence-electron chi connectivity index (χ0n) is 15.9. The molecule has 0 saturated heterocycles. The number of carbonyl (C=O) groups is 2. The first-order valence-electron chi connectivity index (χ1n) is 9.31. The van der Waals surface area contributed by atoms with Crippen LogP contribution in [0, 0.1) is 12.7 Å². The van der Waals surface area contributed by atoms with E-state index >= 15 is 0 Å². The van der Waals surface area contributed by atoms with Gasteiger partial charge in [-0.25, -0.2) is 4.39 Å². The number of nitrogens with zero attached hydrogens (tertiary/aromatic N) is 1. The highest BCUT2D eigenvalue weighted by Crippen LogP contribution is 2.27. The summed E-state index contributed by atoms with van der Waals surface area (Å²) in [5, 5.41) is 5.23. The first-order chi connectivity index (χ1) is 14.0. The molecule has 6 nitrogen and oxygen atoms in total. The molecule has 148 valence electrons. The minimum absolute atomic E-state index is 0.0522. The minimum Gasteiger partial charge on any atom is -0.489 e. The van der Waals surface area contributed by atoms with Crippen LogP contribution in [0.25, 0.3) is 0 Å². The number of ether oxygens (including phenoxy) is 1. The third-order valence-corrected chi connectivity index (χ3v) is 4.80. The van der Waals surface area contributed by atoms with Crippen LogP contribution in [0.15, 0.2) is 59.1 Å². The molecule has 7 heteroatoms. The van der Waals surface area contributed by atoms with E-state index < -0.39 is 23.7 Å². The molecule has 0 fully saturated rings. The molecule has 2 aromatic rings. The van der Waals surface area contributed by atoms with Crippen LogP contribution < -0.4 is 15.4 Å². The molecule has 2 aliphatic heterocycles. The molecular formula is C22H20FN3O3. The maximum atomic E-state index is 13.4. The number of aliphatic imine (C=N–C) groups is 1. The zero-order valence-corrected chi connectivity index (χ0v) is 15.9. The lowest BCUT2D eigenvalue weighted by molar-refractivity contribution is -0.123. The quantitative estimate of drug-likeness (QED) is 0.838. The van der Waals surface area contributed by atoms with Gasteiger partial charge in [0, 0.05) is 6.07 Å². The first-order valence-corrected chi connectivity index (χ1v) is 9.31. The van der Waals surface area contributed by atoms with E-state index in [0.29, 0.717) is 18.7 Å². The molecule has 0 radical (unpaired) electrons. The molecule has 2 heterocycles. The summed E-state index contributed by atoms with van der Waals surface area (Å²) in [6.07, 6.45) is 2.48. The molecule has 4 rings (SSSR count). The SMILES string of the molecule is Cc1ccc(CC2=CC(C(=O)N[C@H]3COc4ccc(F)cc4NC3=O)=NC2)cc1. The van der Waals surface area contributed by atoms with Crippen molar-refractivity contribution in [3.05, 3.63) is 71.1 Å². The summed E-state index contributed by atoms with van der Waals surface area (Å²) in [4.78, 5) is 29.2. The van der Waals surface area contributed by atoms with Crippen LogP contribution >= 0.6 is 0 Å². The predicted octanol–water partition coefficient (Wildman–Crippen LogP) is 2.57. The van der Waals surface area contributed by atoms with E-state index in [1.807, 2.05) is 19.1 Å². The Morgan fingerprint density at radius 2 is 2.07 bits per heavy atom. The molecule has 1 atom stereocenters. The number of benzene rings is 2. The topological polar surface area (TPSA) is 79.8 Å². The third-order valence-electron chi connectivity index (χ3n) is 4.80. The van der Waals surface area contributed by atoms with Crippen molar-refractivity contribution in [2.24, 2.45) is 4.99 Å². The fraction of sp³-hybridized carbons (Fsp3) is 0.227. The summed E-state index contributed by atoms with van der Waals surface area (Å²) >= 11 is 0. The average molecular weight is 393 g/mol. The Bertz CT molecular complexity index is 1030. The second-order valence-electron chi connectivity index (χ2n) is 7.13. The van der Waals surface area contributed by atoms with Gasteiger partial charge in [0.05, 0.1) is 12.2 Å². The van der Waals surface area contributed by atoms with Gasteiger partial charge in [-0.05, 0) is 42.7 Å². The van der Waals surface area contributed by atoms with Gasteiger partial charge in [-0.15, -0.1) is 0 Å². The van der Waals surface area contributed by atoms with Crippen LogP contribution in [-0.2, 0) is 16.0 Å². The molecule has 0 bridgehead atoms. The zero-order chi connectivity index (χ0) is 20.4. The van der Waals surface area contributed by atoms with Gasteiger partial charge in [-0.3, -0.25) is 14.6 Å². The van der Waals surface area contributed by atoms with Crippen molar-refractivity contribution < 1.29 is 18.7 Å². The Hall–Kier alpha value is -3.48. The normalized spacial score (nSPS) is 18.0. The highest BCUT2D eigenvalue weighted by Gasteiger charge is 2.28. The van der Waals surface area contributed by atoms with Gasteiger partial charge >= 0.3 is 0 Å². The summed E-state index contributed by atoms with van der Waals surface area (Å²) in [6.45, 7) is 2.44. The van der Waals surface area contributed by atoms with Crippen LogP contribution in [-0.4, -0.2) is 36.7 Å². The lowest BCUT2D eigenvalue weighted by Crippen LogP contribution is -2.48. The van der Waals surface area contributed by atoms with Gasteiger partial charge < -0.3 is 15.4 Å². The van der Waals surface area contributed by atoms with E-state index in [1.165, 1.54) is 23.8 Å². The van der Waals surface area contributed by atoms with E-state index in [1.54, 1.807) is 6.08 Å². The van der Waals surface area contributed by atoms with Crippen LogP contribution in [0.5, 0.6) is 5.75 Å². The maximum absolute atomic E-state index is 13.4. The summed E-state index contributed by atoms with van der Waals surface area (Å²) < 4.78 is 18.9. The second kappa shape index (κ2) is 7.87. The van der Waals surface area contributed by atoms with Crippen molar-refractivity contribution in [2.75, 3.05) is 18.5 Å². The number of carbonyl (C=O) groups excluding carboxylic acids is 2. The molecule has 0 aliphatic carbocycles. The van der Waals surface area contributed by atoms with Gasteiger partial charge in [0.25, 0.3) is 11.8 Å². The smallest absolute Gasteiger partial charge is 0.270 e. The number of anilines is 1. The van der Waals surface area contributed by atoms with Crippen LogP contribution in [0.4, 0.5) is 10.1 Å². The van der Waals surface area contributed by atoms with Crippen molar-refractivity contribution in [1.29, 1.82) is 0 Å². The maximum Gasteiger partial charge on any atom is 0.270 e. The van der Waals surface area contributed by atoms with E-state index in [-0.39, 0.29) is 18.0 Å². The monoisotopic (exact) mass is 393 g/mol. The molecule has 0 unspecified atom stereocenters. The second-order valence-corrected chi connectivity index (χ2v) is 7.13. The molecule has 2 N–H and O–H groups in total. The molecule has 0 spiro atoms. The third kappa shape index (κ3) is 4.34. The number of hydrogen-bond donors (Lipinski definition) is 2. The Labute approximate surface area is 167 Å². The largest absolute Gasteiger partial charge is 0.489 e. The summed E-state index contributed by atoms with van der Waals surface area (Å²) in [5.74, 6) is -1.04. The van der Waals surface area contributed by atoms with E-state index in [9.17, 15) is 14.0 Å². The van der Waals surface area contributed by atoms with E-state index in [2.05, 4.69) is 27.8 Å². The van der Waals surface area contributed by atoms with Crippen LogP contribution in [0.1, 0.15) is 11.1 Å².